The van der Waals surface area contributed by atoms with Crippen molar-refractivity contribution in [3.63, 3.8) is 0 Å². The predicted molar refractivity (Wildman–Crippen MR) is 104 cm³/mol. The zero-order valence-electron chi connectivity index (χ0n) is 16.0. The van der Waals surface area contributed by atoms with Crippen LogP contribution in [0.1, 0.15) is 63.9 Å². The van der Waals surface area contributed by atoms with Crippen LogP contribution in [-0.2, 0) is 24.1 Å². The number of amides is 1. The van der Waals surface area contributed by atoms with Gasteiger partial charge in [-0.2, -0.15) is 0 Å². The Morgan fingerprint density at radius 1 is 1.28 bits per heavy atom. The summed E-state index contributed by atoms with van der Waals surface area (Å²) in [6.45, 7) is 10.8. The number of rotatable bonds is 8. The first-order valence-electron chi connectivity index (χ1n) is 9.07. The lowest BCUT2D eigenvalue weighted by atomic mass is 9.91. The fourth-order valence-electron chi connectivity index (χ4n) is 2.53. The topological polar surface area (TPSA) is 55.1 Å². The number of hydrogen-bond acceptors (Lipinski definition) is 4. The molecule has 0 aliphatic rings. The molecule has 1 atom stereocenters. The van der Waals surface area contributed by atoms with Gasteiger partial charge in [0.1, 0.15) is 11.5 Å². The molecule has 25 heavy (non-hydrogen) atoms. The normalized spacial score (nSPS) is 13.0. The average molecular weight is 363 g/mol. The van der Waals surface area contributed by atoms with Crippen LogP contribution in [0.3, 0.4) is 0 Å². The Morgan fingerprint density at radius 2 is 2.00 bits per heavy atom. The van der Waals surface area contributed by atoms with Crippen LogP contribution in [0, 0.1) is 11.3 Å². The highest BCUT2D eigenvalue weighted by molar-refractivity contribution is 7.15. The number of aromatic nitrogens is 1. The Morgan fingerprint density at radius 3 is 2.68 bits per heavy atom. The van der Waals surface area contributed by atoms with Gasteiger partial charge in [0.15, 0.2) is 5.13 Å². The molecule has 0 saturated carbocycles. The van der Waals surface area contributed by atoms with Gasteiger partial charge in [-0.05, 0) is 29.9 Å². The van der Waals surface area contributed by atoms with Crippen molar-refractivity contribution in [1.82, 2.24) is 4.98 Å². The van der Waals surface area contributed by atoms with E-state index in [4.69, 9.17) is 4.42 Å². The maximum Gasteiger partial charge on any atom is 0.226 e. The molecule has 0 radical (unpaired) electrons. The van der Waals surface area contributed by atoms with E-state index in [2.05, 4.69) is 57.1 Å². The van der Waals surface area contributed by atoms with Crippen LogP contribution < -0.4 is 5.32 Å². The fraction of sp³-hybridized carbons (Fsp3) is 0.600. The lowest BCUT2D eigenvalue weighted by Crippen LogP contribution is -2.14. The van der Waals surface area contributed by atoms with Gasteiger partial charge in [-0.15, -0.1) is 11.3 Å². The third-order valence-electron chi connectivity index (χ3n) is 4.07. The molecule has 1 amide bonds. The molecule has 5 heteroatoms. The Bertz CT molecular complexity index is 682. The molecular weight excluding hydrogens is 332 g/mol. The Labute approximate surface area is 155 Å². The largest absolute Gasteiger partial charge is 0.466 e. The first kappa shape index (κ1) is 19.7. The molecule has 0 spiro atoms. The maximum atomic E-state index is 11.9. The van der Waals surface area contributed by atoms with E-state index in [1.54, 1.807) is 11.3 Å². The molecule has 0 fully saturated rings. The molecule has 1 unspecified atom stereocenters. The zero-order valence-corrected chi connectivity index (χ0v) is 16.8. The second-order valence-electron chi connectivity index (χ2n) is 8.00. The minimum atomic E-state index is 0.0492. The van der Waals surface area contributed by atoms with E-state index in [0.29, 0.717) is 17.5 Å². The molecule has 0 aliphatic heterocycles. The van der Waals surface area contributed by atoms with Crippen LogP contribution in [0.4, 0.5) is 5.13 Å². The molecule has 0 bridgehead atoms. The van der Waals surface area contributed by atoms with E-state index >= 15 is 0 Å². The van der Waals surface area contributed by atoms with E-state index in [1.165, 1.54) is 0 Å². The third kappa shape index (κ3) is 7.02. The van der Waals surface area contributed by atoms with Gasteiger partial charge < -0.3 is 9.73 Å². The second kappa shape index (κ2) is 8.65. The van der Waals surface area contributed by atoms with Crippen molar-refractivity contribution in [2.45, 2.75) is 66.7 Å². The third-order valence-corrected chi connectivity index (χ3v) is 5.04. The van der Waals surface area contributed by atoms with Crippen LogP contribution in [0.2, 0.25) is 0 Å². The highest BCUT2D eigenvalue weighted by Gasteiger charge is 2.14. The summed E-state index contributed by atoms with van der Waals surface area (Å²) in [4.78, 5) is 17.4. The second-order valence-corrected chi connectivity index (χ2v) is 9.12. The minimum absolute atomic E-state index is 0.0492. The SMILES string of the molecule is CCC(C)CC(=O)Nc1ncc(CCc2ccc(CC(C)(C)C)o2)s1. The molecule has 0 aliphatic carbocycles. The Kier molecular flexibility index (Phi) is 6.82. The number of carbonyl (C=O) groups is 1. The number of nitrogens with one attached hydrogen (secondary N) is 1. The molecule has 0 saturated heterocycles. The van der Waals surface area contributed by atoms with Crippen molar-refractivity contribution in [2.24, 2.45) is 11.3 Å². The van der Waals surface area contributed by atoms with E-state index in [0.717, 1.165) is 42.1 Å². The molecular formula is C20H30N2O2S. The minimum Gasteiger partial charge on any atom is -0.466 e. The van der Waals surface area contributed by atoms with Crippen LogP contribution >= 0.6 is 11.3 Å². The summed E-state index contributed by atoms with van der Waals surface area (Å²) >= 11 is 1.55. The predicted octanol–water partition coefficient (Wildman–Crippen LogP) is 5.48. The van der Waals surface area contributed by atoms with E-state index in [1.807, 2.05) is 6.20 Å². The molecule has 138 valence electrons. The van der Waals surface area contributed by atoms with Gasteiger partial charge in [0.05, 0.1) is 0 Å². The van der Waals surface area contributed by atoms with Crippen molar-refractivity contribution in [2.75, 3.05) is 5.32 Å². The summed E-state index contributed by atoms with van der Waals surface area (Å²) in [7, 11) is 0. The Balaban J connectivity index is 1.82. The summed E-state index contributed by atoms with van der Waals surface area (Å²) in [5.41, 5.74) is 0.231. The van der Waals surface area contributed by atoms with Crippen molar-refractivity contribution < 1.29 is 9.21 Å². The maximum absolute atomic E-state index is 11.9. The average Bonchev–Trinajstić information content (AvgIpc) is 3.12. The van der Waals surface area contributed by atoms with Gasteiger partial charge in [0.2, 0.25) is 5.91 Å². The van der Waals surface area contributed by atoms with E-state index in [-0.39, 0.29) is 11.3 Å². The van der Waals surface area contributed by atoms with Gasteiger partial charge >= 0.3 is 0 Å². The summed E-state index contributed by atoms with van der Waals surface area (Å²) in [5.74, 6) is 2.51. The standard InChI is InChI=1S/C20H30N2O2S/c1-6-14(2)11-18(23)22-19-21-13-17(25-19)10-9-15-7-8-16(24-15)12-20(3,4)5/h7-8,13-14H,6,9-12H2,1-5H3,(H,21,22,23). The zero-order chi connectivity index (χ0) is 18.4. The van der Waals surface area contributed by atoms with Gasteiger partial charge in [-0.25, -0.2) is 4.98 Å². The molecule has 1 N–H and O–H groups in total. The number of hydrogen-bond donors (Lipinski definition) is 1. The van der Waals surface area contributed by atoms with E-state index in [9.17, 15) is 4.79 Å². The number of anilines is 1. The van der Waals surface area contributed by atoms with Crippen LogP contribution in [0.25, 0.3) is 0 Å². The summed E-state index contributed by atoms with van der Waals surface area (Å²) < 4.78 is 5.92. The molecule has 2 heterocycles. The lowest BCUT2D eigenvalue weighted by molar-refractivity contribution is -0.117. The summed E-state index contributed by atoms with van der Waals surface area (Å²) in [6.07, 6.45) is 6.08. The van der Waals surface area contributed by atoms with Crippen molar-refractivity contribution in [3.8, 4) is 0 Å². The van der Waals surface area contributed by atoms with Crippen LogP contribution in [0.5, 0.6) is 0 Å². The van der Waals surface area contributed by atoms with E-state index < -0.39 is 0 Å². The molecule has 4 nitrogen and oxygen atoms in total. The number of aryl methyl sites for hydroxylation is 2. The van der Waals surface area contributed by atoms with Crippen molar-refractivity contribution in [3.05, 3.63) is 34.7 Å². The first-order chi connectivity index (χ1) is 11.7. The van der Waals surface area contributed by atoms with Crippen LogP contribution in [-0.4, -0.2) is 10.9 Å². The molecule has 2 rings (SSSR count). The number of furan rings is 1. The lowest BCUT2D eigenvalue weighted by Gasteiger charge is -2.15. The Hall–Kier alpha value is -1.62. The van der Waals surface area contributed by atoms with Gasteiger partial charge in [0, 0.05) is 30.3 Å². The number of nitrogens with zero attached hydrogens (tertiary/aromatic N) is 1. The van der Waals surface area contributed by atoms with Crippen molar-refractivity contribution in [1.29, 1.82) is 0 Å². The smallest absolute Gasteiger partial charge is 0.226 e. The van der Waals surface area contributed by atoms with Crippen molar-refractivity contribution >= 4 is 22.4 Å². The quantitative estimate of drug-likeness (QED) is 0.676. The first-order valence-corrected chi connectivity index (χ1v) is 9.89. The fourth-order valence-corrected chi connectivity index (χ4v) is 3.36. The molecule has 2 aromatic rings. The van der Waals surface area contributed by atoms with Gasteiger partial charge in [-0.3, -0.25) is 4.79 Å². The summed E-state index contributed by atoms with van der Waals surface area (Å²) in [5, 5.41) is 3.59. The highest BCUT2D eigenvalue weighted by atomic mass is 32.1. The number of thiazole rings is 1. The monoisotopic (exact) mass is 362 g/mol. The van der Waals surface area contributed by atoms with Crippen LogP contribution in [0.15, 0.2) is 22.7 Å². The summed E-state index contributed by atoms with van der Waals surface area (Å²) in [6, 6.07) is 4.14. The highest BCUT2D eigenvalue weighted by Crippen LogP contribution is 2.24. The van der Waals surface area contributed by atoms with Gasteiger partial charge in [0.25, 0.3) is 0 Å². The van der Waals surface area contributed by atoms with Gasteiger partial charge in [-0.1, -0.05) is 41.0 Å². The molecule has 0 aromatic carbocycles. The number of carbonyl (C=O) groups excluding carboxylic acids is 1. The molecule has 2 aromatic heterocycles.